The maximum atomic E-state index is 12.6. The van der Waals surface area contributed by atoms with E-state index in [-0.39, 0.29) is 5.75 Å². The molecule has 1 aromatic carbocycles. The highest BCUT2D eigenvalue weighted by atomic mass is 32.2. The largest absolute Gasteiger partial charge is 0.495 e. The molecule has 0 saturated carbocycles. The van der Waals surface area contributed by atoms with Gasteiger partial charge in [-0.25, -0.2) is 4.98 Å². The molecule has 0 aliphatic heterocycles. The number of rotatable bonds is 4. The number of imidazole rings is 1. The fraction of sp³-hybridized carbons (Fsp3) is 0.250. The van der Waals surface area contributed by atoms with Crippen LogP contribution in [0.15, 0.2) is 35.6 Å². The molecule has 6 heteroatoms. The van der Waals surface area contributed by atoms with Crippen LogP contribution >= 0.6 is 0 Å². The smallest absolute Gasteiger partial charge is 0.197 e. The molecule has 0 aliphatic carbocycles. The number of ether oxygens (including phenoxy) is 1. The zero-order chi connectivity index (χ0) is 15.7. The van der Waals surface area contributed by atoms with Crippen molar-refractivity contribution in [3.05, 3.63) is 47.3 Å². The summed E-state index contributed by atoms with van der Waals surface area (Å²) in [6, 6.07) is 7.68. The highest BCUT2D eigenvalue weighted by Gasteiger charge is 2.15. The van der Waals surface area contributed by atoms with Crippen molar-refractivity contribution in [2.75, 3.05) is 7.11 Å². The summed E-state index contributed by atoms with van der Waals surface area (Å²) in [6.45, 7) is 4.04. The molecule has 3 aromatic rings. The van der Waals surface area contributed by atoms with Crippen LogP contribution in [0.2, 0.25) is 0 Å². The zero-order valence-corrected chi connectivity index (χ0v) is 13.5. The SMILES string of the molecule is COc1cccnc1CS(=O)c1nc2c(C)cc(C)cc2[nH]1. The number of fused-ring (bicyclic) bond motifs is 1. The van der Waals surface area contributed by atoms with Crippen molar-refractivity contribution < 1.29 is 8.95 Å². The number of methoxy groups -OCH3 is 1. The summed E-state index contributed by atoms with van der Waals surface area (Å²) in [5.41, 5.74) is 4.66. The number of hydrogen-bond acceptors (Lipinski definition) is 4. The Morgan fingerprint density at radius 2 is 2.14 bits per heavy atom. The lowest BCUT2D eigenvalue weighted by atomic mass is 10.1. The van der Waals surface area contributed by atoms with E-state index in [2.05, 4.69) is 21.0 Å². The molecular weight excluding hydrogens is 298 g/mol. The molecule has 1 N–H and O–H groups in total. The van der Waals surface area contributed by atoms with E-state index in [4.69, 9.17) is 4.74 Å². The van der Waals surface area contributed by atoms with E-state index in [1.807, 2.05) is 26.0 Å². The summed E-state index contributed by atoms with van der Waals surface area (Å²) in [5.74, 6) is 0.904. The van der Waals surface area contributed by atoms with Gasteiger partial charge in [0.1, 0.15) is 5.75 Å². The van der Waals surface area contributed by atoms with Gasteiger partial charge >= 0.3 is 0 Å². The molecule has 2 aromatic heterocycles. The quantitative estimate of drug-likeness (QED) is 0.804. The van der Waals surface area contributed by atoms with Crippen LogP contribution in [0, 0.1) is 13.8 Å². The van der Waals surface area contributed by atoms with Gasteiger partial charge in [0.15, 0.2) is 5.16 Å². The zero-order valence-electron chi connectivity index (χ0n) is 12.7. The number of aromatic amines is 1. The van der Waals surface area contributed by atoms with E-state index >= 15 is 0 Å². The number of benzene rings is 1. The van der Waals surface area contributed by atoms with Crippen LogP contribution < -0.4 is 4.74 Å². The van der Waals surface area contributed by atoms with Crippen LogP contribution in [0.25, 0.3) is 11.0 Å². The molecule has 0 spiro atoms. The molecule has 22 heavy (non-hydrogen) atoms. The van der Waals surface area contributed by atoms with Crippen molar-refractivity contribution in [1.82, 2.24) is 15.0 Å². The molecule has 5 nitrogen and oxygen atoms in total. The average Bonchev–Trinajstić information content (AvgIpc) is 2.92. The van der Waals surface area contributed by atoms with Crippen LogP contribution in [-0.2, 0) is 16.6 Å². The maximum absolute atomic E-state index is 12.6. The van der Waals surface area contributed by atoms with Gasteiger partial charge in [-0.05, 0) is 43.2 Å². The highest BCUT2D eigenvalue weighted by Crippen LogP contribution is 2.22. The normalized spacial score (nSPS) is 12.5. The number of aromatic nitrogens is 3. The van der Waals surface area contributed by atoms with Gasteiger partial charge in [0.05, 0.1) is 40.4 Å². The van der Waals surface area contributed by atoms with Gasteiger partial charge in [0, 0.05) is 6.20 Å². The summed E-state index contributed by atoms with van der Waals surface area (Å²) in [4.78, 5) is 11.9. The predicted molar refractivity (Wildman–Crippen MR) is 86.5 cm³/mol. The van der Waals surface area contributed by atoms with Crippen molar-refractivity contribution >= 4 is 21.8 Å². The number of pyridine rings is 1. The van der Waals surface area contributed by atoms with Crippen LogP contribution in [0.1, 0.15) is 16.8 Å². The Balaban J connectivity index is 1.94. The molecule has 1 unspecified atom stereocenters. The highest BCUT2D eigenvalue weighted by molar-refractivity contribution is 7.84. The molecule has 0 fully saturated rings. The summed E-state index contributed by atoms with van der Waals surface area (Å²) < 4.78 is 17.8. The second-order valence-electron chi connectivity index (χ2n) is 5.16. The minimum Gasteiger partial charge on any atom is -0.495 e. The topological polar surface area (TPSA) is 67.9 Å². The first-order valence-electron chi connectivity index (χ1n) is 6.91. The van der Waals surface area contributed by atoms with E-state index in [1.165, 1.54) is 0 Å². The Morgan fingerprint density at radius 3 is 2.91 bits per heavy atom. The van der Waals surface area contributed by atoms with Gasteiger partial charge in [-0.3, -0.25) is 9.19 Å². The van der Waals surface area contributed by atoms with Gasteiger partial charge in [-0.1, -0.05) is 6.07 Å². The number of H-pyrrole nitrogens is 1. The lowest BCUT2D eigenvalue weighted by Gasteiger charge is -2.05. The standard InChI is InChI=1S/C16H17N3O2S/c1-10-7-11(2)15-12(8-10)18-16(19-15)22(20)9-13-14(21-3)5-4-6-17-13/h4-8H,9H2,1-3H3,(H,18,19). The second kappa shape index (κ2) is 5.88. The first-order valence-corrected chi connectivity index (χ1v) is 8.23. The molecular formula is C16H17N3O2S. The molecule has 0 radical (unpaired) electrons. The third-order valence-electron chi connectivity index (χ3n) is 3.45. The average molecular weight is 315 g/mol. The van der Waals surface area contributed by atoms with Gasteiger partial charge < -0.3 is 9.72 Å². The van der Waals surface area contributed by atoms with Crippen molar-refractivity contribution in [3.8, 4) is 5.75 Å². The van der Waals surface area contributed by atoms with Gasteiger partial charge in [0.25, 0.3) is 0 Å². The van der Waals surface area contributed by atoms with Crippen molar-refractivity contribution in [2.24, 2.45) is 0 Å². The minimum atomic E-state index is -1.30. The van der Waals surface area contributed by atoms with E-state index in [0.29, 0.717) is 16.6 Å². The fourth-order valence-electron chi connectivity index (χ4n) is 2.47. The lowest BCUT2D eigenvalue weighted by molar-refractivity contribution is 0.408. The number of hydrogen-bond donors (Lipinski definition) is 1. The monoisotopic (exact) mass is 315 g/mol. The number of nitrogens with zero attached hydrogens (tertiary/aromatic N) is 2. The van der Waals surface area contributed by atoms with E-state index < -0.39 is 10.8 Å². The second-order valence-corrected chi connectivity index (χ2v) is 6.53. The Morgan fingerprint density at radius 1 is 1.32 bits per heavy atom. The summed E-state index contributed by atoms with van der Waals surface area (Å²) in [5, 5.41) is 0.469. The number of nitrogens with one attached hydrogen (secondary N) is 1. The maximum Gasteiger partial charge on any atom is 0.197 e. The molecule has 0 saturated heterocycles. The first kappa shape index (κ1) is 14.7. The van der Waals surface area contributed by atoms with E-state index in [0.717, 1.165) is 22.2 Å². The van der Waals surface area contributed by atoms with Crippen molar-refractivity contribution in [1.29, 1.82) is 0 Å². The molecule has 114 valence electrons. The Labute approximate surface area is 131 Å². The van der Waals surface area contributed by atoms with Gasteiger partial charge in [-0.15, -0.1) is 0 Å². The summed E-state index contributed by atoms with van der Waals surface area (Å²) >= 11 is 0. The number of aryl methyl sites for hydroxylation is 2. The third kappa shape index (κ3) is 2.74. The predicted octanol–water partition coefficient (Wildman–Crippen LogP) is 2.89. The van der Waals surface area contributed by atoms with Crippen molar-refractivity contribution in [3.63, 3.8) is 0 Å². The Bertz CT molecular complexity index is 858. The van der Waals surface area contributed by atoms with Crippen LogP contribution in [0.4, 0.5) is 0 Å². The molecule has 2 heterocycles. The Kier molecular flexibility index (Phi) is 3.94. The summed E-state index contributed by atoms with van der Waals surface area (Å²) in [7, 11) is 0.277. The molecule has 1 atom stereocenters. The van der Waals surface area contributed by atoms with Crippen molar-refractivity contribution in [2.45, 2.75) is 24.8 Å². The molecule has 0 bridgehead atoms. The fourth-order valence-corrected chi connectivity index (χ4v) is 3.48. The third-order valence-corrected chi connectivity index (χ3v) is 4.61. The van der Waals surface area contributed by atoms with Gasteiger partial charge in [0.2, 0.25) is 0 Å². The lowest BCUT2D eigenvalue weighted by Crippen LogP contribution is -2.02. The molecule has 0 aliphatic rings. The van der Waals surface area contributed by atoms with Crippen LogP contribution in [0.3, 0.4) is 0 Å². The summed E-state index contributed by atoms with van der Waals surface area (Å²) in [6.07, 6.45) is 1.67. The van der Waals surface area contributed by atoms with E-state index in [1.54, 1.807) is 19.4 Å². The van der Waals surface area contributed by atoms with Crippen LogP contribution in [0.5, 0.6) is 5.75 Å². The molecule has 3 rings (SSSR count). The molecule has 0 amide bonds. The van der Waals surface area contributed by atoms with E-state index in [9.17, 15) is 4.21 Å². The van der Waals surface area contributed by atoms with Gasteiger partial charge in [-0.2, -0.15) is 0 Å². The van der Waals surface area contributed by atoms with Crippen LogP contribution in [-0.4, -0.2) is 26.3 Å². The Hall–Kier alpha value is -2.21. The first-order chi connectivity index (χ1) is 10.6. The minimum absolute atomic E-state index is 0.266.